The Hall–Kier alpha value is -3.82. The standard InChI is InChI=1S/5C15H18NSi.5Ir/c2*1-12-10-14(13-8-6-5-7-9-13)16-11-15(12)17(2,3)4;3*1-12-10-14(17(2,3)4)11-16-15(12)13-8-6-5-7-9-13;;;;;/h5*5-8,10-11H,1-4H3;;;;;/q5*-1;;;;;/i2D3,3D3;;2*2D3,3D3;;;;;;. The third-order valence-corrected chi connectivity index (χ3v) is 22.3. The normalized spacial score (nSPS) is 14.7. The molecule has 485 valence electrons. The summed E-state index contributed by atoms with van der Waals surface area (Å²) >= 11 is 0. The molecule has 15 heteroatoms. The van der Waals surface area contributed by atoms with Crippen LogP contribution < -0.4 is 25.9 Å². The van der Waals surface area contributed by atoms with E-state index in [0.717, 1.165) is 50.3 Å². The van der Waals surface area contributed by atoms with E-state index in [9.17, 15) is 0 Å². The molecule has 0 aliphatic heterocycles. The second kappa shape index (κ2) is 37.9. The zero-order chi connectivity index (χ0) is 77.3. The Morgan fingerprint density at radius 2 is 0.556 bits per heavy atom. The second-order valence-corrected chi connectivity index (χ2v) is 42.3. The molecule has 0 fully saturated rings. The Labute approximate surface area is 640 Å². The van der Waals surface area contributed by atoms with Crippen LogP contribution in [0.3, 0.4) is 0 Å². The summed E-state index contributed by atoms with van der Waals surface area (Å²) in [5.74, 6) is 0. The molecule has 10 rings (SSSR count). The number of nitrogens with zero attached hydrogens (tertiary/aromatic N) is 5. The van der Waals surface area contributed by atoms with Crippen LogP contribution in [-0.4, -0.2) is 65.3 Å². The van der Waals surface area contributed by atoms with Gasteiger partial charge >= 0.3 is 0 Å². The molecule has 0 bridgehead atoms. The topological polar surface area (TPSA) is 64.5 Å². The van der Waals surface area contributed by atoms with Gasteiger partial charge in [-0.2, -0.15) is 0 Å². The summed E-state index contributed by atoms with van der Waals surface area (Å²) < 4.78 is 140. The van der Waals surface area contributed by atoms with Crippen molar-refractivity contribution in [3.8, 4) is 56.3 Å². The van der Waals surface area contributed by atoms with Gasteiger partial charge in [0.15, 0.2) is 0 Å². The molecule has 5 aromatic heterocycles. The number of hydrogen-bond acceptors (Lipinski definition) is 5. The van der Waals surface area contributed by atoms with Crippen LogP contribution in [0.25, 0.3) is 56.3 Å². The summed E-state index contributed by atoms with van der Waals surface area (Å²) in [5.41, 5.74) is 13.3. The predicted molar refractivity (Wildman–Crippen MR) is 381 cm³/mol. The number of aromatic nitrogens is 5. The van der Waals surface area contributed by atoms with Crippen LogP contribution in [0, 0.1) is 65.0 Å². The van der Waals surface area contributed by atoms with E-state index < -0.39 is 79.2 Å². The first-order valence-corrected chi connectivity index (χ1v) is 42.6. The van der Waals surface area contributed by atoms with E-state index in [1.54, 1.807) is 57.2 Å². The largest absolute Gasteiger partial charge is 0.305 e. The molecule has 0 unspecified atom stereocenters. The number of aryl methyl sites for hydroxylation is 5. The van der Waals surface area contributed by atoms with Crippen molar-refractivity contribution in [2.75, 3.05) is 0 Å². The summed E-state index contributed by atoms with van der Waals surface area (Å²) in [6, 6.07) is 63.2. The Morgan fingerprint density at radius 3 is 0.778 bits per heavy atom. The monoisotopic (exact) mass is 2180 g/mol. The third-order valence-electron chi connectivity index (χ3n) is 13.7. The van der Waals surface area contributed by atoms with E-state index in [1.807, 2.05) is 97.2 Å². The van der Waals surface area contributed by atoms with Crippen molar-refractivity contribution in [3.05, 3.63) is 241 Å². The van der Waals surface area contributed by atoms with E-state index in [2.05, 4.69) is 139 Å². The molecule has 5 aromatic carbocycles. The first-order chi connectivity index (χ1) is 47.4. The minimum Gasteiger partial charge on any atom is -0.305 e. The number of pyridine rings is 5. The number of hydrogen-bond donors (Lipinski definition) is 0. The average Bonchev–Trinajstić information content (AvgIpc) is 0.705. The van der Waals surface area contributed by atoms with Gasteiger partial charge in [-0.05, 0) is 89.0 Å². The van der Waals surface area contributed by atoms with Gasteiger partial charge in [0, 0.05) is 156 Å². The van der Waals surface area contributed by atoms with E-state index in [1.165, 1.54) is 59.7 Å². The molecule has 10 aromatic rings. The first-order valence-electron chi connectivity index (χ1n) is 37.1. The van der Waals surface area contributed by atoms with Gasteiger partial charge in [0.2, 0.25) is 0 Å². The van der Waals surface area contributed by atoms with Crippen molar-refractivity contribution in [1.29, 1.82) is 0 Å². The Kier molecular flexibility index (Phi) is 24.3. The Bertz CT molecular complexity index is 4290. The molecule has 0 spiro atoms. The summed E-state index contributed by atoms with van der Waals surface area (Å²) in [5, 5.41) is 3.87. The molecule has 0 atom stereocenters. The van der Waals surface area contributed by atoms with Crippen molar-refractivity contribution in [2.24, 2.45) is 0 Å². The van der Waals surface area contributed by atoms with E-state index in [-0.39, 0.29) is 101 Å². The fourth-order valence-electron chi connectivity index (χ4n) is 8.97. The Balaban J connectivity index is 0.000000671. The van der Waals surface area contributed by atoms with Gasteiger partial charge in [-0.1, -0.05) is 156 Å². The second-order valence-electron chi connectivity index (χ2n) is 23.7. The number of rotatable bonds is 10. The molecule has 0 aliphatic rings. The third kappa shape index (κ3) is 25.5. The van der Waals surface area contributed by atoms with Gasteiger partial charge in [-0.3, -0.25) is 0 Å². The van der Waals surface area contributed by atoms with E-state index in [4.69, 9.17) is 24.7 Å². The fourth-order valence-corrected chi connectivity index (χ4v) is 14.6. The van der Waals surface area contributed by atoms with Crippen LogP contribution in [0.15, 0.2) is 183 Å². The Morgan fingerprint density at radius 1 is 0.289 bits per heavy atom. The van der Waals surface area contributed by atoms with Gasteiger partial charge in [-0.15, -0.1) is 179 Å². The molecule has 5 nitrogen and oxygen atoms in total. The molecule has 0 saturated heterocycles. The number of benzene rings is 5. The zero-order valence-electron chi connectivity index (χ0n) is 71.2. The maximum Gasteiger partial charge on any atom is 0.0798 e. The molecule has 0 amide bonds. The molecule has 0 aliphatic carbocycles. The van der Waals surface area contributed by atoms with Crippen LogP contribution in [0.2, 0.25) is 97.8 Å². The maximum absolute atomic E-state index is 7.79. The molecule has 5 radical (unpaired) electrons. The van der Waals surface area contributed by atoms with Crippen molar-refractivity contribution in [3.63, 3.8) is 0 Å². The first kappa shape index (κ1) is 57.6. The van der Waals surface area contributed by atoms with Crippen LogP contribution in [0.5, 0.6) is 0 Å². The summed E-state index contributed by atoms with van der Waals surface area (Å²) in [6.45, 7) is 12.7. The van der Waals surface area contributed by atoms with Crippen LogP contribution >= 0.6 is 0 Å². The molecular formula is C75H90Ir5N5Si5-5. The molecular weight excluding hydrogens is 2070 g/mol. The molecule has 90 heavy (non-hydrogen) atoms. The van der Waals surface area contributed by atoms with Gasteiger partial charge < -0.3 is 24.9 Å². The van der Waals surface area contributed by atoms with Gasteiger partial charge in [-0.25, -0.2) is 0 Å². The van der Waals surface area contributed by atoms with Crippen molar-refractivity contribution in [2.45, 2.75) is 132 Å². The predicted octanol–water partition coefficient (Wildman–Crippen LogP) is 17.0. The van der Waals surface area contributed by atoms with Crippen molar-refractivity contribution < 1.29 is 125 Å². The smallest absolute Gasteiger partial charge is 0.0798 e. The van der Waals surface area contributed by atoms with Gasteiger partial charge in [0.05, 0.1) is 40.4 Å². The minimum atomic E-state index is -3.77. The van der Waals surface area contributed by atoms with E-state index >= 15 is 0 Å². The summed E-state index contributed by atoms with van der Waals surface area (Å²) in [7, 11) is -13.8. The van der Waals surface area contributed by atoms with Crippen LogP contribution in [0.4, 0.5) is 0 Å². The molecule has 0 N–H and O–H groups in total. The SMILES string of the molecule is Cc1cc(-c2[c-]cccc2)ncc1[Si](C)(C)C.Cc1cc([Si](C)(C)C)cnc1-c1[c-]cccc1.[2H]C([2H])([2H])[Si](C)(c1cnc(-c2[c-]cccc2)c(C)c1)C([2H])([2H])[2H].[2H]C([2H])([2H])[Si](C)(c1cnc(-c2[c-]cccc2)c(C)c1)C([2H])([2H])[2H].[2H]C([2H])([2H])[Si](C)(c1cnc(-c2[c-]cccc2)cc1C)C([2H])([2H])[2H].[Ir].[Ir].[Ir].[Ir].[Ir]. The van der Waals surface area contributed by atoms with Gasteiger partial charge in [0.25, 0.3) is 0 Å². The molecule has 5 heterocycles. The molecule has 0 saturated carbocycles. The summed E-state index contributed by atoms with van der Waals surface area (Å²) in [6.07, 6.45) is 8.34. The minimum absolute atomic E-state index is 0. The van der Waals surface area contributed by atoms with E-state index in [0.29, 0.717) is 38.2 Å². The summed E-state index contributed by atoms with van der Waals surface area (Å²) in [4.78, 5) is 22.2. The zero-order valence-corrected chi connectivity index (χ0v) is 70.2. The van der Waals surface area contributed by atoms with Crippen molar-refractivity contribution >= 4 is 66.3 Å². The quantitative estimate of drug-likeness (QED) is 0.101. The average molecular weight is 2180 g/mol. The van der Waals surface area contributed by atoms with Crippen molar-refractivity contribution in [1.82, 2.24) is 24.9 Å². The van der Waals surface area contributed by atoms with Crippen LogP contribution in [0.1, 0.15) is 52.5 Å². The van der Waals surface area contributed by atoms with Gasteiger partial charge in [0.1, 0.15) is 0 Å². The fraction of sp³-hybridized carbons (Fsp3) is 0.267. The van der Waals surface area contributed by atoms with Crippen LogP contribution in [-0.2, 0) is 101 Å². The maximum atomic E-state index is 7.79.